The molecule has 5 rings (SSSR count). The molecule has 0 spiro atoms. The summed E-state index contributed by atoms with van der Waals surface area (Å²) in [5, 5.41) is 3.84. The van der Waals surface area contributed by atoms with Gasteiger partial charge in [-0.25, -0.2) is 9.14 Å². The van der Waals surface area contributed by atoms with Crippen LogP contribution in [-0.2, 0) is 6.54 Å². The molecule has 0 amide bonds. The Morgan fingerprint density at radius 2 is 1.53 bits per heavy atom. The average molecular weight is 476 g/mol. The van der Waals surface area contributed by atoms with E-state index in [2.05, 4.69) is 79.4 Å². The minimum atomic E-state index is -2.20. The summed E-state index contributed by atoms with van der Waals surface area (Å²) in [6.07, 6.45) is 3.68. The summed E-state index contributed by atoms with van der Waals surface area (Å²) in [4.78, 5) is 0. The van der Waals surface area contributed by atoms with Gasteiger partial charge in [-0.3, -0.25) is 4.67 Å². The summed E-state index contributed by atoms with van der Waals surface area (Å²) in [6, 6.07) is 22.5. The number of aryl methyl sites for hydroxylation is 1. The van der Waals surface area contributed by atoms with Crippen molar-refractivity contribution in [3.63, 3.8) is 0 Å². The van der Waals surface area contributed by atoms with Gasteiger partial charge in [-0.05, 0) is 68.3 Å². The van der Waals surface area contributed by atoms with Gasteiger partial charge in [0, 0.05) is 51.9 Å². The molecular weight excluding hydrogens is 440 g/mol. The van der Waals surface area contributed by atoms with Crippen LogP contribution in [0.25, 0.3) is 21.8 Å². The predicted octanol–water partition coefficient (Wildman–Crippen LogP) is 8.31. The summed E-state index contributed by atoms with van der Waals surface area (Å²) in [5.74, 6) is -0.217. The predicted molar refractivity (Wildman–Crippen MR) is 145 cm³/mol. The molecule has 1 unspecified atom stereocenters. The van der Waals surface area contributed by atoms with Crippen LogP contribution in [-0.4, -0.2) is 27.5 Å². The van der Waals surface area contributed by atoms with Gasteiger partial charge in [-0.15, -0.1) is 0 Å². The van der Waals surface area contributed by atoms with E-state index < -0.39 is 7.21 Å². The topological polar surface area (TPSA) is 20.5 Å². The Morgan fingerprint density at radius 1 is 0.853 bits per heavy atom. The molecule has 0 aliphatic carbocycles. The summed E-state index contributed by atoms with van der Waals surface area (Å²) in [7, 11) is -2.20. The Morgan fingerprint density at radius 3 is 2.21 bits per heavy atom. The van der Waals surface area contributed by atoms with Gasteiger partial charge in [0.2, 0.25) is 0 Å². The molecule has 5 heteroatoms. The molecule has 0 radical (unpaired) electrons. The Labute approximate surface area is 202 Å². The Bertz CT molecular complexity index is 1370. The van der Waals surface area contributed by atoms with E-state index in [-0.39, 0.29) is 11.0 Å². The van der Waals surface area contributed by atoms with Crippen LogP contribution in [0.4, 0.5) is 10.1 Å². The molecule has 1 aliphatic heterocycles. The smallest absolute Gasteiger partial charge is 0.123 e. The van der Waals surface area contributed by atoms with E-state index in [1.54, 1.807) is 0 Å². The molecule has 34 heavy (non-hydrogen) atoms. The Balaban J connectivity index is 1.84. The fraction of sp³-hybridized carbons (Fsp3) is 0.379. The number of piperidine rings is 1. The van der Waals surface area contributed by atoms with Crippen LogP contribution in [0, 0.1) is 5.82 Å². The second kappa shape index (κ2) is 8.98. The van der Waals surface area contributed by atoms with Crippen molar-refractivity contribution in [3.8, 4) is 0 Å². The Hall–Kier alpha value is -2.42. The normalized spacial score (nSPS) is 17.2. The van der Waals surface area contributed by atoms with Crippen LogP contribution in [0.15, 0.2) is 71.5 Å². The van der Waals surface area contributed by atoms with Gasteiger partial charge < -0.3 is 4.57 Å². The summed E-state index contributed by atoms with van der Waals surface area (Å²) >= 11 is 0. The van der Waals surface area contributed by atoms with Crippen LogP contribution in [0.3, 0.4) is 0 Å². The lowest BCUT2D eigenvalue weighted by Gasteiger charge is -2.47. The van der Waals surface area contributed by atoms with Crippen molar-refractivity contribution in [2.24, 2.45) is 4.74 Å². The molecule has 3 aromatic carbocycles. The molecule has 0 saturated carbocycles. The standard InChI is InChI=1S/C29H35FN3P/c1-5-33-27-12-8-7-11-25(27)26-21-24(17-18-28(26)33)34(29(2,3)4,32-19-9-6-10-20-32)31-23-15-13-22(30)14-16-23/h7-8,11-18,21H,5-6,9-10,19-20H2,1-4H3. The molecule has 1 saturated heterocycles. The quantitative estimate of drug-likeness (QED) is 0.272. The molecule has 1 aliphatic rings. The highest BCUT2D eigenvalue weighted by atomic mass is 31.2. The second-order valence-corrected chi connectivity index (χ2v) is 14.2. The fourth-order valence-corrected chi connectivity index (χ4v) is 10.1. The number of nitrogens with zero attached hydrogens (tertiary/aromatic N) is 3. The molecular formula is C29H35FN3P. The third-order valence-electron chi connectivity index (χ3n) is 7.20. The van der Waals surface area contributed by atoms with Gasteiger partial charge in [-0.1, -0.05) is 45.4 Å². The fourth-order valence-electron chi connectivity index (χ4n) is 5.66. The highest BCUT2D eigenvalue weighted by Gasteiger charge is 2.41. The lowest BCUT2D eigenvalue weighted by Crippen LogP contribution is -2.39. The highest BCUT2D eigenvalue weighted by Crippen LogP contribution is 2.64. The number of fused-ring (bicyclic) bond motifs is 3. The lowest BCUT2D eigenvalue weighted by molar-refractivity contribution is 0.361. The maximum absolute atomic E-state index is 13.7. The zero-order chi connectivity index (χ0) is 23.9. The molecule has 1 aromatic heterocycles. The van der Waals surface area contributed by atoms with E-state index in [9.17, 15) is 4.39 Å². The van der Waals surface area contributed by atoms with Crippen molar-refractivity contribution in [1.29, 1.82) is 0 Å². The number of hydrogen-bond donors (Lipinski definition) is 0. The van der Waals surface area contributed by atoms with Gasteiger partial charge >= 0.3 is 0 Å². The molecule has 0 bridgehead atoms. The van der Waals surface area contributed by atoms with Crippen molar-refractivity contribution in [1.82, 2.24) is 9.24 Å². The largest absolute Gasteiger partial charge is 0.341 e. The van der Waals surface area contributed by atoms with E-state index in [1.807, 2.05) is 12.1 Å². The van der Waals surface area contributed by atoms with Gasteiger partial charge in [0.25, 0.3) is 0 Å². The molecule has 4 aromatic rings. The third-order valence-corrected chi connectivity index (χ3v) is 11.8. The monoisotopic (exact) mass is 475 g/mol. The van der Waals surface area contributed by atoms with Crippen molar-refractivity contribution in [2.75, 3.05) is 13.1 Å². The van der Waals surface area contributed by atoms with E-state index in [1.165, 1.54) is 58.5 Å². The zero-order valence-electron chi connectivity index (χ0n) is 20.8. The molecule has 0 N–H and O–H groups in total. The minimum absolute atomic E-state index is 0.0739. The van der Waals surface area contributed by atoms with E-state index >= 15 is 0 Å². The maximum Gasteiger partial charge on any atom is 0.123 e. The van der Waals surface area contributed by atoms with Crippen molar-refractivity contribution < 1.29 is 4.39 Å². The number of para-hydroxylation sites is 1. The second-order valence-electron chi connectivity index (χ2n) is 10.3. The number of aromatic nitrogens is 1. The van der Waals surface area contributed by atoms with Gasteiger partial charge in [0.1, 0.15) is 5.82 Å². The molecule has 3 nitrogen and oxygen atoms in total. The first kappa shape index (κ1) is 23.3. The van der Waals surface area contributed by atoms with E-state index in [4.69, 9.17) is 4.74 Å². The van der Waals surface area contributed by atoms with Crippen LogP contribution in [0.1, 0.15) is 47.0 Å². The molecule has 2 heterocycles. The number of hydrogen-bond acceptors (Lipinski definition) is 1. The Kier molecular flexibility index (Phi) is 6.16. The van der Waals surface area contributed by atoms with Crippen molar-refractivity contribution >= 4 is 40.0 Å². The average Bonchev–Trinajstić information content (AvgIpc) is 3.16. The number of benzene rings is 3. The van der Waals surface area contributed by atoms with Gasteiger partial charge in [0.15, 0.2) is 0 Å². The summed E-state index contributed by atoms with van der Waals surface area (Å²) in [5.41, 5.74) is 3.43. The molecule has 1 atom stereocenters. The SMILES string of the molecule is CCn1c2ccccc2c2cc(P(=Nc3ccc(F)cc3)(N3CCCCC3)C(C)(C)C)ccc21. The van der Waals surface area contributed by atoms with Gasteiger partial charge in [0.05, 0.1) is 12.9 Å². The van der Waals surface area contributed by atoms with Crippen LogP contribution < -0.4 is 5.30 Å². The van der Waals surface area contributed by atoms with Crippen LogP contribution in [0.2, 0.25) is 0 Å². The van der Waals surface area contributed by atoms with E-state index in [0.717, 1.165) is 25.3 Å². The summed E-state index contributed by atoms with van der Waals surface area (Å²) in [6.45, 7) is 12.3. The number of rotatable bonds is 4. The third kappa shape index (κ3) is 3.82. The van der Waals surface area contributed by atoms with Gasteiger partial charge in [-0.2, -0.15) is 0 Å². The van der Waals surface area contributed by atoms with Crippen molar-refractivity contribution in [3.05, 3.63) is 72.5 Å². The van der Waals surface area contributed by atoms with Crippen LogP contribution in [0.5, 0.6) is 0 Å². The number of halogens is 1. The zero-order valence-corrected chi connectivity index (χ0v) is 21.7. The van der Waals surface area contributed by atoms with E-state index in [0.29, 0.717) is 0 Å². The first-order valence-corrected chi connectivity index (χ1v) is 14.2. The maximum atomic E-state index is 13.7. The molecule has 178 valence electrons. The first-order valence-electron chi connectivity index (χ1n) is 12.5. The molecule has 1 fully saturated rings. The highest BCUT2D eigenvalue weighted by molar-refractivity contribution is 7.73. The van der Waals surface area contributed by atoms with Crippen LogP contribution >= 0.6 is 7.21 Å². The lowest BCUT2D eigenvalue weighted by atomic mass is 10.1. The van der Waals surface area contributed by atoms with Crippen molar-refractivity contribution in [2.45, 2.75) is 58.7 Å². The minimum Gasteiger partial charge on any atom is -0.341 e. The summed E-state index contributed by atoms with van der Waals surface area (Å²) < 4.78 is 24.4. The first-order chi connectivity index (χ1) is 16.3.